The minimum atomic E-state index is -1.91. The van der Waals surface area contributed by atoms with Gasteiger partial charge in [0.05, 0.1) is 0 Å². The summed E-state index contributed by atoms with van der Waals surface area (Å²) in [5.74, 6) is -1.42. The molecule has 0 fully saturated rings. The molecule has 0 radical (unpaired) electrons. The zero-order valence-corrected chi connectivity index (χ0v) is 5.29. The van der Waals surface area contributed by atoms with Crippen LogP contribution in [0.2, 0.25) is 0 Å². The molecule has 0 aliphatic carbocycles. The molecule has 0 aromatic carbocycles. The highest BCUT2D eigenvalue weighted by atomic mass is 16.4. The molecule has 0 heterocycles. The minimum absolute atomic E-state index is 1.05. The largest absolute Gasteiger partial charge is 0.479 e. The van der Waals surface area contributed by atoms with Crippen molar-refractivity contribution in [2.45, 2.75) is 12.6 Å². The van der Waals surface area contributed by atoms with Gasteiger partial charge in [0.15, 0.2) is 5.66 Å². The van der Waals surface area contributed by atoms with E-state index in [0.717, 1.165) is 6.92 Å². The number of carbonyl (C=O) groups is 2. The van der Waals surface area contributed by atoms with E-state index in [1.165, 1.54) is 0 Å². The van der Waals surface area contributed by atoms with Gasteiger partial charge >= 0.3 is 12.1 Å². The fourth-order valence-electron chi connectivity index (χ4n) is 0.276. The van der Waals surface area contributed by atoms with Crippen molar-refractivity contribution < 1.29 is 19.8 Å². The average Bonchev–Trinajstić information content (AvgIpc) is 1.60. The van der Waals surface area contributed by atoms with Crippen LogP contribution in [0.1, 0.15) is 6.92 Å². The highest BCUT2D eigenvalue weighted by molar-refractivity contribution is 5.82. The number of nitrogens with one attached hydrogen (secondary N) is 1. The standard InChI is InChI=1S/C4H8N2O4/c1-4(5,2(7)8)6-3(9)10/h6H,5H2,1H3,(H,7,8)(H,9,10)/t4-/m0/s1. The number of carboxylic acids is 1. The zero-order valence-electron chi connectivity index (χ0n) is 5.29. The molecule has 0 aliphatic heterocycles. The number of carboxylic acid groups (broad SMARTS) is 2. The molecule has 5 N–H and O–H groups in total. The van der Waals surface area contributed by atoms with Crippen molar-refractivity contribution >= 4 is 12.1 Å². The summed E-state index contributed by atoms with van der Waals surface area (Å²) >= 11 is 0. The van der Waals surface area contributed by atoms with Crippen LogP contribution in [0, 0.1) is 0 Å². The van der Waals surface area contributed by atoms with Crippen LogP contribution in [0.15, 0.2) is 0 Å². The summed E-state index contributed by atoms with van der Waals surface area (Å²) in [6.07, 6.45) is -1.47. The number of aliphatic carboxylic acids is 1. The molecule has 0 rings (SSSR count). The molecule has 0 unspecified atom stereocenters. The zero-order chi connectivity index (χ0) is 8.36. The number of hydrogen-bond donors (Lipinski definition) is 4. The van der Waals surface area contributed by atoms with Gasteiger partial charge in [0.2, 0.25) is 0 Å². The maximum absolute atomic E-state index is 10.1. The summed E-state index contributed by atoms with van der Waals surface area (Å²) in [5, 5.41) is 17.9. The summed E-state index contributed by atoms with van der Waals surface area (Å²) in [6, 6.07) is 0. The third kappa shape index (κ3) is 2.31. The Hall–Kier alpha value is -1.30. The van der Waals surface area contributed by atoms with Crippen molar-refractivity contribution in [3.63, 3.8) is 0 Å². The van der Waals surface area contributed by atoms with E-state index in [4.69, 9.17) is 15.9 Å². The quantitative estimate of drug-likeness (QED) is 0.376. The Balaban J connectivity index is 4.13. The predicted molar refractivity (Wildman–Crippen MR) is 31.4 cm³/mol. The molecular formula is C4H8N2O4. The van der Waals surface area contributed by atoms with Crippen molar-refractivity contribution in [1.29, 1.82) is 0 Å². The van der Waals surface area contributed by atoms with E-state index in [1.54, 1.807) is 5.32 Å². The van der Waals surface area contributed by atoms with Gasteiger partial charge in [-0.3, -0.25) is 11.1 Å². The average molecular weight is 148 g/mol. The lowest BCUT2D eigenvalue weighted by Crippen LogP contribution is -2.58. The second-order valence-corrected chi connectivity index (χ2v) is 1.94. The van der Waals surface area contributed by atoms with Gasteiger partial charge in [-0.05, 0) is 6.92 Å². The van der Waals surface area contributed by atoms with E-state index < -0.39 is 17.7 Å². The Bertz CT molecular complexity index is 165. The maximum atomic E-state index is 10.1. The lowest BCUT2D eigenvalue weighted by atomic mass is 10.2. The van der Waals surface area contributed by atoms with Gasteiger partial charge in [-0.25, -0.2) is 9.59 Å². The molecule has 58 valence electrons. The Morgan fingerprint density at radius 1 is 1.50 bits per heavy atom. The van der Waals surface area contributed by atoms with E-state index in [9.17, 15) is 9.59 Å². The summed E-state index contributed by atoms with van der Waals surface area (Å²) in [5.41, 5.74) is 3.06. The summed E-state index contributed by atoms with van der Waals surface area (Å²) in [4.78, 5) is 20.0. The molecule has 6 heteroatoms. The van der Waals surface area contributed by atoms with Crippen LogP contribution >= 0.6 is 0 Å². The Morgan fingerprint density at radius 2 is 1.90 bits per heavy atom. The van der Waals surface area contributed by atoms with E-state index in [-0.39, 0.29) is 0 Å². The third-order valence-electron chi connectivity index (χ3n) is 0.811. The Labute approximate surface area is 56.6 Å². The van der Waals surface area contributed by atoms with Gasteiger partial charge in [0, 0.05) is 0 Å². The fraction of sp³-hybridized carbons (Fsp3) is 0.500. The van der Waals surface area contributed by atoms with Gasteiger partial charge < -0.3 is 10.2 Å². The molecule has 0 aliphatic rings. The fourth-order valence-corrected chi connectivity index (χ4v) is 0.276. The van der Waals surface area contributed by atoms with Crippen molar-refractivity contribution in [1.82, 2.24) is 5.32 Å². The van der Waals surface area contributed by atoms with Gasteiger partial charge in [-0.1, -0.05) is 0 Å². The molecule has 0 saturated heterocycles. The van der Waals surface area contributed by atoms with Crippen molar-refractivity contribution in [3.05, 3.63) is 0 Å². The van der Waals surface area contributed by atoms with Gasteiger partial charge in [0.25, 0.3) is 0 Å². The van der Waals surface area contributed by atoms with Crippen LogP contribution in [0.5, 0.6) is 0 Å². The van der Waals surface area contributed by atoms with Crippen LogP contribution in [-0.4, -0.2) is 27.9 Å². The number of nitrogens with two attached hydrogens (primary N) is 1. The first kappa shape index (κ1) is 8.70. The molecule has 0 spiro atoms. The first-order chi connectivity index (χ1) is 4.36. The monoisotopic (exact) mass is 148 g/mol. The molecule has 6 nitrogen and oxygen atoms in total. The lowest BCUT2D eigenvalue weighted by Gasteiger charge is -2.17. The van der Waals surface area contributed by atoms with E-state index in [0.29, 0.717) is 0 Å². The van der Waals surface area contributed by atoms with E-state index in [1.807, 2.05) is 0 Å². The predicted octanol–water partition coefficient (Wildman–Crippen LogP) is -0.986. The van der Waals surface area contributed by atoms with Gasteiger partial charge in [-0.15, -0.1) is 0 Å². The van der Waals surface area contributed by atoms with Crippen LogP contribution in [0.4, 0.5) is 4.79 Å². The van der Waals surface area contributed by atoms with E-state index in [2.05, 4.69) is 0 Å². The van der Waals surface area contributed by atoms with Gasteiger partial charge in [0.1, 0.15) is 0 Å². The molecule has 0 bridgehead atoms. The maximum Gasteiger partial charge on any atom is 0.406 e. The second kappa shape index (κ2) is 2.53. The molecule has 1 amide bonds. The normalized spacial score (nSPS) is 15.4. The van der Waals surface area contributed by atoms with Crippen molar-refractivity contribution in [2.24, 2.45) is 5.73 Å². The van der Waals surface area contributed by atoms with Crippen LogP contribution in [-0.2, 0) is 4.79 Å². The minimum Gasteiger partial charge on any atom is -0.479 e. The number of rotatable bonds is 2. The molecule has 0 aromatic rings. The SMILES string of the molecule is C[C@](N)(NC(=O)O)C(=O)O. The van der Waals surface area contributed by atoms with Crippen molar-refractivity contribution in [2.75, 3.05) is 0 Å². The van der Waals surface area contributed by atoms with Crippen molar-refractivity contribution in [3.8, 4) is 0 Å². The van der Waals surface area contributed by atoms with Gasteiger partial charge in [-0.2, -0.15) is 0 Å². The summed E-state index contributed by atoms with van der Waals surface area (Å²) < 4.78 is 0. The van der Waals surface area contributed by atoms with Crippen LogP contribution < -0.4 is 11.1 Å². The first-order valence-electron chi connectivity index (χ1n) is 2.39. The summed E-state index contributed by atoms with van der Waals surface area (Å²) in [6.45, 7) is 1.05. The Morgan fingerprint density at radius 3 is 2.00 bits per heavy atom. The number of amides is 1. The number of hydrogen-bond acceptors (Lipinski definition) is 3. The Kier molecular flexibility index (Phi) is 2.20. The van der Waals surface area contributed by atoms with Crippen LogP contribution in [0.25, 0.3) is 0 Å². The second-order valence-electron chi connectivity index (χ2n) is 1.94. The van der Waals surface area contributed by atoms with E-state index >= 15 is 0 Å². The van der Waals surface area contributed by atoms with Crippen LogP contribution in [0.3, 0.4) is 0 Å². The summed E-state index contributed by atoms with van der Waals surface area (Å²) in [7, 11) is 0. The highest BCUT2D eigenvalue weighted by Gasteiger charge is 2.29. The topological polar surface area (TPSA) is 113 Å². The lowest BCUT2D eigenvalue weighted by molar-refractivity contribution is -0.143. The first-order valence-corrected chi connectivity index (χ1v) is 2.39. The third-order valence-corrected chi connectivity index (χ3v) is 0.811. The highest BCUT2D eigenvalue weighted by Crippen LogP contribution is 1.91. The molecular weight excluding hydrogens is 140 g/mol. The molecule has 0 saturated carbocycles. The molecule has 1 atom stereocenters. The molecule has 10 heavy (non-hydrogen) atoms. The smallest absolute Gasteiger partial charge is 0.406 e. The molecule has 0 aromatic heterocycles.